The Morgan fingerprint density at radius 2 is 1.92 bits per heavy atom. The molecule has 6 nitrogen and oxygen atoms in total. The average Bonchev–Trinajstić information content (AvgIpc) is 2.99. The first-order valence-electron chi connectivity index (χ1n) is 8.65. The maximum atomic E-state index is 5.29. The SMILES string of the molecule is Cc1noc2ncnc(N3CCN(Cc4ccccc4)C(C)(C)C3)c12. The Labute approximate surface area is 147 Å². The lowest BCUT2D eigenvalue weighted by Crippen LogP contribution is -2.59. The van der Waals surface area contributed by atoms with Crippen LogP contribution in [-0.4, -0.2) is 45.2 Å². The molecule has 0 N–H and O–H groups in total. The van der Waals surface area contributed by atoms with Gasteiger partial charge in [0.05, 0.1) is 5.69 Å². The van der Waals surface area contributed by atoms with Crippen LogP contribution >= 0.6 is 0 Å². The van der Waals surface area contributed by atoms with E-state index >= 15 is 0 Å². The summed E-state index contributed by atoms with van der Waals surface area (Å²) in [4.78, 5) is 13.6. The highest BCUT2D eigenvalue weighted by Gasteiger charge is 2.35. The van der Waals surface area contributed by atoms with Crippen LogP contribution in [0.5, 0.6) is 0 Å². The van der Waals surface area contributed by atoms with Crippen LogP contribution in [0, 0.1) is 6.92 Å². The van der Waals surface area contributed by atoms with E-state index < -0.39 is 0 Å². The topological polar surface area (TPSA) is 58.3 Å². The molecule has 0 radical (unpaired) electrons. The lowest BCUT2D eigenvalue weighted by atomic mass is 9.97. The van der Waals surface area contributed by atoms with Crippen molar-refractivity contribution in [3.05, 3.63) is 47.9 Å². The number of rotatable bonds is 3. The highest BCUT2D eigenvalue weighted by Crippen LogP contribution is 2.31. The summed E-state index contributed by atoms with van der Waals surface area (Å²) in [6, 6.07) is 10.7. The van der Waals surface area contributed by atoms with Crippen LogP contribution in [0.15, 0.2) is 41.2 Å². The van der Waals surface area contributed by atoms with Gasteiger partial charge in [-0.1, -0.05) is 35.5 Å². The molecule has 0 aliphatic carbocycles. The van der Waals surface area contributed by atoms with Crippen LogP contribution in [0.4, 0.5) is 5.82 Å². The number of anilines is 1. The number of aromatic nitrogens is 3. The molecule has 0 spiro atoms. The molecule has 1 aromatic carbocycles. The molecular formula is C19H23N5O. The largest absolute Gasteiger partial charge is 0.353 e. The average molecular weight is 337 g/mol. The second kappa shape index (κ2) is 6.11. The molecule has 0 saturated carbocycles. The third kappa shape index (κ3) is 2.98. The minimum Gasteiger partial charge on any atom is -0.353 e. The van der Waals surface area contributed by atoms with Gasteiger partial charge in [-0.2, -0.15) is 4.98 Å². The van der Waals surface area contributed by atoms with Gasteiger partial charge in [-0.15, -0.1) is 0 Å². The summed E-state index contributed by atoms with van der Waals surface area (Å²) in [5.74, 6) is 0.927. The summed E-state index contributed by atoms with van der Waals surface area (Å²) in [5.41, 5.74) is 2.79. The molecule has 3 heterocycles. The number of nitrogens with zero attached hydrogens (tertiary/aromatic N) is 5. The van der Waals surface area contributed by atoms with E-state index in [9.17, 15) is 0 Å². The van der Waals surface area contributed by atoms with Crippen molar-refractivity contribution in [3.8, 4) is 0 Å². The second-order valence-electron chi connectivity index (χ2n) is 7.29. The summed E-state index contributed by atoms with van der Waals surface area (Å²) in [6.07, 6.45) is 1.56. The van der Waals surface area contributed by atoms with Crippen molar-refractivity contribution in [1.82, 2.24) is 20.0 Å². The van der Waals surface area contributed by atoms with Crippen LogP contribution < -0.4 is 4.90 Å². The summed E-state index contributed by atoms with van der Waals surface area (Å²) in [5, 5.41) is 4.97. The molecule has 4 rings (SSSR count). The lowest BCUT2D eigenvalue weighted by molar-refractivity contribution is 0.0960. The number of aryl methyl sites for hydroxylation is 1. The molecule has 6 heteroatoms. The van der Waals surface area contributed by atoms with Crippen molar-refractivity contribution >= 4 is 16.9 Å². The summed E-state index contributed by atoms with van der Waals surface area (Å²) < 4.78 is 5.29. The molecule has 1 aliphatic heterocycles. The van der Waals surface area contributed by atoms with Gasteiger partial charge in [-0.25, -0.2) is 4.98 Å². The smallest absolute Gasteiger partial charge is 0.263 e. The van der Waals surface area contributed by atoms with Crippen molar-refractivity contribution in [2.24, 2.45) is 0 Å². The third-order valence-corrected chi connectivity index (χ3v) is 5.01. The highest BCUT2D eigenvalue weighted by atomic mass is 16.5. The van der Waals surface area contributed by atoms with Crippen LogP contribution in [0.25, 0.3) is 11.1 Å². The van der Waals surface area contributed by atoms with Crippen molar-refractivity contribution < 1.29 is 4.52 Å². The van der Waals surface area contributed by atoms with Crippen LogP contribution in [0.3, 0.4) is 0 Å². The number of benzene rings is 1. The molecule has 1 fully saturated rings. The quantitative estimate of drug-likeness (QED) is 0.732. The van der Waals surface area contributed by atoms with Crippen molar-refractivity contribution in [3.63, 3.8) is 0 Å². The normalized spacial score (nSPS) is 18.0. The Kier molecular flexibility index (Phi) is 3.92. The molecule has 0 bridgehead atoms. The Hall–Kier alpha value is -2.47. The first kappa shape index (κ1) is 16.0. The van der Waals surface area contributed by atoms with Gasteiger partial charge in [0.2, 0.25) is 0 Å². The zero-order valence-electron chi connectivity index (χ0n) is 14.9. The van der Waals surface area contributed by atoms with E-state index in [1.165, 1.54) is 5.56 Å². The van der Waals surface area contributed by atoms with Gasteiger partial charge in [0.1, 0.15) is 17.5 Å². The third-order valence-electron chi connectivity index (χ3n) is 5.01. The van der Waals surface area contributed by atoms with E-state index in [4.69, 9.17) is 4.52 Å². The number of fused-ring (bicyclic) bond motifs is 1. The van der Waals surface area contributed by atoms with E-state index in [1.54, 1.807) is 6.33 Å². The molecule has 2 aromatic heterocycles. The monoisotopic (exact) mass is 337 g/mol. The molecule has 130 valence electrons. The zero-order chi connectivity index (χ0) is 17.4. The Bertz CT molecular complexity index is 874. The molecule has 25 heavy (non-hydrogen) atoms. The summed E-state index contributed by atoms with van der Waals surface area (Å²) in [6.45, 7) is 10.3. The zero-order valence-corrected chi connectivity index (χ0v) is 14.9. The maximum absolute atomic E-state index is 5.29. The first-order chi connectivity index (χ1) is 12.0. The molecule has 1 aliphatic rings. The van der Waals surface area contributed by atoms with E-state index in [-0.39, 0.29) is 5.54 Å². The lowest BCUT2D eigenvalue weighted by Gasteiger charge is -2.47. The van der Waals surface area contributed by atoms with Crippen molar-refractivity contribution in [1.29, 1.82) is 0 Å². The van der Waals surface area contributed by atoms with Gasteiger partial charge in [-0.3, -0.25) is 4.90 Å². The standard InChI is InChI=1S/C19H23N5O/c1-14-16-17(20-13-21-18(16)25-22-14)23-9-10-24(19(2,3)12-23)11-15-7-5-4-6-8-15/h4-8,13H,9-12H2,1-3H3. The maximum Gasteiger partial charge on any atom is 0.263 e. The van der Waals surface area contributed by atoms with E-state index in [0.717, 1.165) is 43.1 Å². The predicted octanol–water partition coefficient (Wildman–Crippen LogP) is 3.03. The van der Waals surface area contributed by atoms with Gasteiger partial charge < -0.3 is 9.42 Å². The molecular weight excluding hydrogens is 314 g/mol. The van der Waals surface area contributed by atoms with Crippen molar-refractivity contribution in [2.75, 3.05) is 24.5 Å². The summed E-state index contributed by atoms with van der Waals surface area (Å²) >= 11 is 0. The van der Waals surface area contributed by atoms with Crippen LogP contribution in [0.1, 0.15) is 25.1 Å². The fraction of sp³-hybridized carbons (Fsp3) is 0.421. The molecule has 0 unspecified atom stereocenters. The Morgan fingerprint density at radius 3 is 2.68 bits per heavy atom. The minimum atomic E-state index is 0.0381. The van der Waals surface area contributed by atoms with Crippen LogP contribution in [-0.2, 0) is 6.54 Å². The number of piperazine rings is 1. The van der Waals surface area contributed by atoms with E-state index in [0.29, 0.717) is 5.71 Å². The first-order valence-corrected chi connectivity index (χ1v) is 8.65. The van der Waals surface area contributed by atoms with Gasteiger partial charge in [0.25, 0.3) is 5.71 Å². The van der Waals surface area contributed by atoms with Gasteiger partial charge in [0, 0.05) is 31.7 Å². The second-order valence-corrected chi connectivity index (χ2v) is 7.29. The minimum absolute atomic E-state index is 0.0381. The highest BCUT2D eigenvalue weighted by molar-refractivity contribution is 5.87. The molecule has 0 amide bonds. The van der Waals surface area contributed by atoms with Gasteiger partial charge in [-0.05, 0) is 26.3 Å². The van der Waals surface area contributed by atoms with Crippen molar-refractivity contribution in [2.45, 2.75) is 32.9 Å². The molecule has 3 aromatic rings. The number of hydrogen-bond acceptors (Lipinski definition) is 6. The van der Waals surface area contributed by atoms with Crippen LogP contribution in [0.2, 0.25) is 0 Å². The number of hydrogen-bond donors (Lipinski definition) is 0. The molecule has 1 saturated heterocycles. The van der Waals surface area contributed by atoms with E-state index in [2.05, 4.69) is 69.1 Å². The predicted molar refractivity (Wildman–Crippen MR) is 97.5 cm³/mol. The molecule has 0 atom stereocenters. The Balaban J connectivity index is 1.58. The summed E-state index contributed by atoms with van der Waals surface area (Å²) in [7, 11) is 0. The fourth-order valence-electron chi connectivity index (χ4n) is 3.61. The van der Waals surface area contributed by atoms with Gasteiger partial charge >= 0.3 is 0 Å². The Morgan fingerprint density at radius 1 is 1.12 bits per heavy atom. The van der Waals surface area contributed by atoms with E-state index in [1.807, 2.05) is 6.92 Å². The van der Waals surface area contributed by atoms with Gasteiger partial charge in [0.15, 0.2) is 0 Å². The fourth-order valence-corrected chi connectivity index (χ4v) is 3.61.